The average Bonchev–Trinajstić information content (AvgIpc) is 2.97. The van der Waals surface area contributed by atoms with Gasteiger partial charge in [-0.25, -0.2) is 4.98 Å². The third-order valence-corrected chi connectivity index (χ3v) is 7.22. The van der Waals surface area contributed by atoms with Gasteiger partial charge in [0.1, 0.15) is 18.1 Å². The van der Waals surface area contributed by atoms with Crippen molar-refractivity contribution >= 4 is 35.0 Å². The van der Waals surface area contributed by atoms with Crippen LogP contribution in [0.25, 0.3) is 22.2 Å². The minimum atomic E-state index is -1.09. The van der Waals surface area contributed by atoms with Crippen LogP contribution in [-0.4, -0.2) is 30.8 Å². The number of nitrogens with zero attached hydrogens (tertiary/aromatic N) is 2. The Kier molecular flexibility index (Phi) is 5.14. The molecule has 0 aliphatic carbocycles. The molecule has 1 aliphatic rings. The molecule has 0 unspecified atom stereocenters. The van der Waals surface area contributed by atoms with Crippen molar-refractivity contribution in [2.24, 2.45) is 0 Å². The van der Waals surface area contributed by atoms with Crippen molar-refractivity contribution < 1.29 is 9.47 Å². The van der Waals surface area contributed by atoms with E-state index in [1.54, 1.807) is 0 Å². The van der Waals surface area contributed by atoms with E-state index in [0.29, 0.717) is 13.3 Å². The van der Waals surface area contributed by atoms with Crippen molar-refractivity contribution in [1.82, 2.24) is 9.55 Å². The summed E-state index contributed by atoms with van der Waals surface area (Å²) in [5, 5.41) is 1.06. The summed E-state index contributed by atoms with van der Waals surface area (Å²) >= 11 is 3.62. The van der Waals surface area contributed by atoms with Crippen LogP contribution in [0.15, 0.2) is 41.1 Å². The van der Waals surface area contributed by atoms with Crippen LogP contribution in [0.2, 0.25) is 25.7 Å². The minimum absolute atomic E-state index is 0.511. The van der Waals surface area contributed by atoms with Crippen LogP contribution in [0.5, 0.6) is 5.75 Å². The number of halogens is 1. The number of benzene rings is 1. The maximum absolute atomic E-state index is 6.14. The van der Waals surface area contributed by atoms with Gasteiger partial charge in [-0.1, -0.05) is 43.9 Å². The van der Waals surface area contributed by atoms with Gasteiger partial charge < -0.3 is 14.0 Å². The van der Waals surface area contributed by atoms with Gasteiger partial charge in [-0.15, -0.1) is 0 Å². The fourth-order valence-electron chi connectivity index (χ4n) is 3.45. The summed E-state index contributed by atoms with van der Waals surface area (Å²) in [6, 6.07) is 9.72. The molecule has 0 atom stereocenters. The predicted octanol–water partition coefficient (Wildman–Crippen LogP) is 5.71. The van der Waals surface area contributed by atoms with Gasteiger partial charge >= 0.3 is 0 Å². The Morgan fingerprint density at radius 1 is 1.22 bits per heavy atom. The van der Waals surface area contributed by atoms with Crippen LogP contribution in [0.4, 0.5) is 0 Å². The SMILES string of the molecule is C[Si](C)(C)CCOCn1cc2c3c(c(Br)cnc31)OCCc1ccccc1-2. The maximum atomic E-state index is 6.14. The van der Waals surface area contributed by atoms with E-state index >= 15 is 0 Å². The molecule has 0 bridgehead atoms. The highest BCUT2D eigenvalue weighted by Gasteiger charge is 2.22. The molecule has 2 aromatic heterocycles. The van der Waals surface area contributed by atoms with Crippen molar-refractivity contribution in [3.05, 3.63) is 46.7 Å². The van der Waals surface area contributed by atoms with Crippen molar-refractivity contribution in [3.8, 4) is 16.9 Å². The van der Waals surface area contributed by atoms with Gasteiger partial charge in [-0.2, -0.15) is 0 Å². The third kappa shape index (κ3) is 3.84. The molecule has 0 amide bonds. The normalized spacial score (nSPS) is 13.8. The molecule has 142 valence electrons. The number of pyridine rings is 1. The molecule has 0 saturated heterocycles. The van der Waals surface area contributed by atoms with Crippen LogP contribution in [0, 0.1) is 0 Å². The quantitative estimate of drug-likeness (QED) is 0.373. The third-order valence-electron chi connectivity index (χ3n) is 4.95. The van der Waals surface area contributed by atoms with E-state index in [0.717, 1.165) is 45.9 Å². The Morgan fingerprint density at radius 2 is 2.04 bits per heavy atom. The standard InChI is InChI=1S/C21H25BrN2O2Si/c1-27(2,3)11-10-25-14-24-13-17-16-7-5-4-6-15(16)8-9-26-20-18(22)12-23-21(24)19(17)20/h4-7,12-13H,8-11,14H2,1-3H3. The molecule has 4 nitrogen and oxygen atoms in total. The zero-order valence-electron chi connectivity index (χ0n) is 16.1. The van der Waals surface area contributed by atoms with Gasteiger partial charge in [0.2, 0.25) is 0 Å². The van der Waals surface area contributed by atoms with Gasteiger partial charge in [0.15, 0.2) is 0 Å². The summed E-state index contributed by atoms with van der Waals surface area (Å²) in [6.07, 6.45) is 4.88. The molecule has 3 heterocycles. The van der Waals surface area contributed by atoms with Gasteiger partial charge in [0.25, 0.3) is 0 Å². The minimum Gasteiger partial charge on any atom is -0.491 e. The number of hydrogen-bond acceptors (Lipinski definition) is 3. The summed E-state index contributed by atoms with van der Waals surface area (Å²) in [5.74, 6) is 0.880. The molecule has 4 rings (SSSR count). The predicted molar refractivity (Wildman–Crippen MR) is 116 cm³/mol. The lowest BCUT2D eigenvalue weighted by Crippen LogP contribution is -2.22. The Hall–Kier alpha value is -1.63. The van der Waals surface area contributed by atoms with E-state index < -0.39 is 8.07 Å². The van der Waals surface area contributed by atoms with Crippen LogP contribution in [0.3, 0.4) is 0 Å². The first-order valence-electron chi connectivity index (χ1n) is 9.40. The number of rotatable bonds is 5. The zero-order valence-corrected chi connectivity index (χ0v) is 18.7. The molecular weight excluding hydrogens is 420 g/mol. The van der Waals surface area contributed by atoms with Crippen molar-refractivity contribution in [2.75, 3.05) is 13.2 Å². The van der Waals surface area contributed by atoms with Gasteiger partial charge in [0, 0.05) is 39.1 Å². The number of hydrogen-bond donors (Lipinski definition) is 0. The Bertz CT molecular complexity index is 978. The first-order chi connectivity index (χ1) is 12.9. The van der Waals surface area contributed by atoms with Crippen LogP contribution >= 0.6 is 15.9 Å². The van der Waals surface area contributed by atoms with Crippen molar-refractivity contribution in [3.63, 3.8) is 0 Å². The second-order valence-corrected chi connectivity index (χ2v) is 14.7. The molecular formula is C21H25BrN2O2Si. The lowest BCUT2D eigenvalue weighted by atomic mass is 9.97. The molecule has 0 radical (unpaired) electrons. The highest BCUT2D eigenvalue weighted by Crippen LogP contribution is 2.42. The summed E-state index contributed by atoms with van der Waals surface area (Å²) in [7, 11) is -1.09. The maximum Gasteiger partial charge on any atom is 0.146 e. The molecule has 3 aromatic rings. The van der Waals surface area contributed by atoms with Crippen molar-refractivity contribution in [1.29, 1.82) is 0 Å². The van der Waals surface area contributed by atoms with E-state index in [9.17, 15) is 0 Å². The fourth-order valence-corrected chi connectivity index (χ4v) is 4.62. The molecule has 0 fully saturated rings. The Morgan fingerprint density at radius 3 is 2.85 bits per heavy atom. The summed E-state index contributed by atoms with van der Waals surface area (Å²) in [6.45, 7) is 9.07. The first kappa shape index (κ1) is 18.7. The largest absolute Gasteiger partial charge is 0.491 e. The van der Waals surface area contributed by atoms with E-state index in [4.69, 9.17) is 9.47 Å². The van der Waals surface area contributed by atoms with Gasteiger partial charge in [-0.3, -0.25) is 0 Å². The van der Waals surface area contributed by atoms with Crippen LogP contribution in [0.1, 0.15) is 5.56 Å². The fraction of sp³-hybridized carbons (Fsp3) is 0.381. The van der Waals surface area contributed by atoms with Gasteiger partial charge in [0.05, 0.1) is 16.5 Å². The molecule has 0 saturated carbocycles. The topological polar surface area (TPSA) is 36.3 Å². The second kappa shape index (κ2) is 7.41. The lowest BCUT2D eigenvalue weighted by Gasteiger charge is -2.16. The van der Waals surface area contributed by atoms with Crippen LogP contribution in [-0.2, 0) is 17.9 Å². The first-order valence-corrected chi connectivity index (χ1v) is 13.9. The van der Waals surface area contributed by atoms with E-state index in [2.05, 4.69) is 75.6 Å². The number of aromatic nitrogens is 2. The lowest BCUT2D eigenvalue weighted by molar-refractivity contribution is 0.0899. The van der Waals surface area contributed by atoms with Crippen molar-refractivity contribution in [2.45, 2.75) is 38.8 Å². The number of fused-ring (bicyclic) bond motifs is 2. The molecule has 0 spiro atoms. The Labute approximate surface area is 169 Å². The molecule has 27 heavy (non-hydrogen) atoms. The smallest absolute Gasteiger partial charge is 0.146 e. The van der Waals surface area contributed by atoms with Crippen LogP contribution < -0.4 is 4.74 Å². The highest BCUT2D eigenvalue weighted by atomic mass is 79.9. The average molecular weight is 445 g/mol. The zero-order chi connectivity index (χ0) is 19.0. The molecule has 0 N–H and O–H groups in total. The molecule has 1 aliphatic heterocycles. The summed E-state index contributed by atoms with van der Waals surface area (Å²) in [4.78, 5) is 4.68. The Balaban J connectivity index is 1.76. The van der Waals surface area contributed by atoms with E-state index in [-0.39, 0.29) is 0 Å². The molecule has 1 aromatic carbocycles. The number of ether oxygens (including phenoxy) is 2. The summed E-state index contributed by atoms with van der Waals surface area (Å²) < 4.78 is 15.1. The highest BCUT2D eigenvalue weighted by molar-refractivity contribution is 9.10. The van der Waals surface area contributed by atoms with E-state index in [1.165, 1.54) is 11.1 Å². The second-order valence-electron chi connectivity index (χ2n) is 8.25. The summed E-state index contributed by atoms with van der Waals surface area (Å²) in [5.41, 5.74) is 4.64. The van der Waals surface area contributed by atoms with E-state index in [1.807, 2.05) is 6.20 Å². The van der Waals surface area contributed by atoms with Gasteiger partial charge in [-0.05, 0) is 33.1 Å². The monoisotopic (exact) mass is 444 g/mol. The molecule has 6 heteroatoms.